The fraction of sp³-hybridized carbons (Fsp3) is 0.524. The summed E-state index contributed by atoms with van der Waals surface area (Å²) < 4.78 is 13.6. The number of dihydropyridines is 1. The Labute approximate surface area is 146 Å². The third-order valence-electron chi connectivity index (χ3n) is 4.84. The van der Waals surface area contributed by atoms with Gasteiger partial charge in [-0.3, -0.25) is 4.90 Å². The third-order valence-corrected chi connectivity index (χ3v) is 4.84. The molecule has 0 saturated heterocycles. The Morgan fingerprint density at radius 3 is 2.67 bits per heavy atom. The van der Waals surface area contributed by atoms with Gasteiger partial charge in [0.05, 0.1) is 0 Å². The molecule has 2 aliphatic heterocycles. The molecule has 0 aromatic heterocycles. The molecule has 2 rings (SSSR count). The van der Waals surface area contributed by atoms with E-state index < -0.39 is 0 Å². The van der Waals surface area contributed by atoms with Gasteiger partial charge in [0.15, 0.2) is 0 Å². The van der Waals surface area contributed by atoms with Crippen molar-refractivity contribution in [2.75, 3.05) is 19.6 Å². The maximum atomic E-state index is 13.6. The van der Waals surface area contributed by atoms with E-state index >= 15 is 0 Å². The first-order valence-corrected chi connectivity index (χ1v) is 9.06. The van der Waals surface area contributed by atoms with E-state index in [1.54, 1.807) is 6.08 Å². The molecule has 0 aromatic carbocycles. The average molecular weight is 330 g/mol. The molecule has 0 bridgehead atoms. The molecule has 0 fully saturated rings. The predicted molar refractivity (Wildman–Crippen MR) is 101 cm³/mol. The fourth-order valence-electron chi connectivity index (χ4n) is 3.55. The van der Waals surface area contributed by atoms with Gasteiger partial charge in [0, 0.05) is 31.9 Å². The summed E-state index contributed by atoms with van der Waals surface area (Å²) >= 11 is 0. The van der Waals surface area contributed by atoms with Gasteiger partial charge in [-0.2, -0.15) is 0 Å². The van der Waals surface area contributed by atoms with Crippen LogP contribution < -0.4 is 5.32 Å². The van der Waals surface area contributed by atoms with Gasteiger partial charge in [0.1, 0.15) is 5.83 Å². The molecule has 0 aliphatic carbocycles. The molecule has 2 aliphatic rings. The van der Waals surface area contributed by atoms with Gasteiger partial charge in [0.2, 0.25) is 0 Å². The second kappa shape index (κ2) is 8.48. The zero-order valence-electron chi connectivity index (χ0n) is 15.7. The molecule has 0 spiro atoms. The summed E-state index contributed by atoms with van der Waals surface area (Å²) in [6, 6.07) is 0.227. The molecular formula is C21H31FN2. The Morgan fingerprint density at radius 2 is 2.08 bits per heavy atom. The first-order valence-electron chi connectivity index (χ1n) is 9.06. The summed E-state index contributed by atoms with van der Waals surface area (Å²) in [6.45, 7) is 13.6. The molecule has 0 aromatic rings. The van der Waals surface area contributed by atoms with E-state index in [2.05, 4.69) is 63.1 Å². The van der Waals surface area contributed by atoms with Crippen LogP contribution in [-0.2, 0) is 0 Å². The van der Waals surface area contributed by atoms with Crippen LogP contribution in [0.2, 0.25) is 0 Å². The topological polar surface area (TPSA) is 15.3 Å². The second-order valence-corrected chi connectivity index (χ2v) is 6.94. The summed E-state index contributed by atoms with van der Waals surface area (Å²) in [4.78, 5) is 2.45. The minimum absolute atomic E-state index is 0.182. The van der Waals surface area contributed by atoms with Gasteiger partial charge in [-0.25, -0.2) is 4.39 Å². The van der Waals surface area contributed by atoms with Gasteiger partial charge < -0.3 is 5.32 Å². The number of hydrogen-bond donors (Lipinski definition) is 1. The van der Waals surface area contributed by atoms with E-state index in [9.17, 15) is 4.39 Å². The van der Waals surface area contributed by atoms with Gasteiger partial charge in [-0.1, -0.05) is 39.0 Å². The number of nitrogens with zero attached hydrogens (tertiary/aromatic N) is 1. The van der Waals surface area contributed by atoms with Gasteiger partial charge in [-0.05, 0) is 54.6 Å². The summed E-state index contributed by atoms with van der Waals surface area (Å²) in [6.07, 6.45) is 10.9. The first kappa shape index (κ1) is 18.7. The van der Waals surface area contributed by atoms with E-state index in [0.29, 0.717) is 5.92 Å². The average Bonchev–Trinajstić information content (AvgIpc) is 2.95. The van der Waals surface area contributed by atoms with Gasteiger partial charge >= 0.3 is 0 Å². The van der Waals surface area contributed by atoms with E-state index in [4.69, 9.17) is 0 Å². The van der Waals surface area contributed by atoms with Crippen molar-refractivity contribution in [3.05, 3.63) is 58.6 Å². The van der Waals surface area contributed by atoms with E-state index in [1.807, 2.05) is 0 Å². The number of rotatable bonds is 6. The number of allylic oxidation sites excluding steroid dienone is 4. The lowest BCUT2D eigenvalue weighted by Gasteiger charge is -2.29. The van der Waals surface area contributed by atoms with Crippen molar-refractivity contribution in [3.63, 3.8) is 0 Å². The van der Waals surface area contributed by atoms with Gasteiger partial charge in [0.25, 0.3) is 0 Å². The Bertz CT molecular complexity index is 605. The first-order chi connectivity index (χ1) is 11.5. The maximum absolute atomic E-state index is 13.6. The lowest BCUT2D eigenvalue weighted by atomic mass is 9.92. The zero-order chi connectivity index (χ0) is 17.7. The van der Waals surface area contributed by atoms with Crippen LogP contribution in [0.5, 0.6) is 0 Å². The molecule has 24 heavy (non-hydrogen) atoms. The molecule has 132 valence electrons. The highest BCUT2D eigenvalue weighted by Crippen LogP contribution is 2.32. The van der Waals surface area contributed by atoms with Crippen molar-refractivity contribution in [3.8, 4) is 0 Å². The van der Waals surface area contributed by atoms with E-state index in [0.717, 1.165) is 31.6 Å². The lowest BCUT2D eigenvalue weighted by Crippen LogP contribution is -2.36. The number of hydrogen-bond acceptors (Lipinski definition) is 2. The standard InChI is InChI=1S/C21H31FN2/c1-6-8-17-13-24(14-21(17)20(9-7-2)15(3)4)16(5)18-10-19(22)12-23-11-18/h6,8-10,12,15-16,23H,7,11,13-14H2,1-5H3/b8-6-,20-9+. The van der Waals surface area contributed by atoms with Crippen LogP contribution in [0.1, 0.15) is 41.0 Å². The minimum atomic E-state index is -0.182. The summed E-state index contributed by atoms with van der Waals surface area (Å²) in [5, 5.41) is 3.03. The Morgan fingerprint density at radius 1 is 1.33 bits per heavy atom. The van der Waals surface area contributed by atoms with Crippen molar-refractivity contribution in [2.45, 2.75) is 47.1 Å². The largest absolute Gasteiger partial charge is 0.385 e. The summed E-state index contributed by atoms with van der Waals surface area (Å²) in [7, 11) is 0. The Kier molecular flexibility index (Phi) is 6.61. The minimum Gasteiger partial charge on any atom is -0.385 e. The van der Waals surface area contributed by atoms with Crippen LogP contribution in [0.15, 0.2) is 58.6 Å². The predicted octanol–water partition coefficient (Wildman–Crippen LogP) is 4.90. The van der Waals surface area contributed by atoms with E-state index in [1.165, 1.54) is 22.9 Å². The van der Waals surface area contributed by atoms with E-state index in [-0.39, 0.29) is 11.9 Å². The highest BCUT2D eigenvalue weighted by Gasteiger charge is 2.29. The smallest absolute Gasteiger partial charge is 0.138 e. The monoisotopic (exact) mass is 330 g/mol. The second-order valence-electron chi connectivity index (χ2n) is 6.94. The molecule has 0 saturated carbocycles. The molecule has 1 atom stereocenters. The van der Waals surface area contributed by atoms with Crippen LogP contribution in [0.3, 0.4) is 0 Å². The summed E-state index contributed by atoms with van der Waals surface area (Å²) in [5.41, 5.74) is 5.43. The zero-order valence-corrected chi connectivity index (χ0v) is 15.7. The normalized spacial score (nSPS) is 21.4. The van der Waals surface area contributed by atoms with Crippen LogP contribution in [0.4, 0.5) is 4.39 Å². The molecule has 0 radical (unpaired) electrons. The molecule has 2 nitrogen and oxygen atoms in total. The lowest BCUT2D eigenvalue weighted by molar-refractivity contribution is 0.291. The molecule has 1 N–H and O–H groups in total. The highest BCUT2D eigenvalue weighted by atomic mass is 19.1. The molecule has 2 heterocycles. The summed E-state index contributed by atoms with van der Waals surface area (Å²) in [5.74, 6) is 0.337. The van der Waals surface area contributed by atoms with Crippen LogP contribution in [0, 0.1) is 5.92 Å². The number of nitrogens with one attached hydrogen (secondary N) is 1. The van der Waals surface area contributed by atoms with Crippen molar-refractivity contribution < 1.29 is 4.39 Å². The maximum Gasteiger partial charge on any atom is 0.138 e. The quantitative estimate of drug-likeness (QED) is 0.745. The van der Waals surface area contributed by atoms with Crippen molar-refractivity contribution in [1.29, 1.82) is 0 Å². The third kappa shape index (κ3) is 4.27. The van der Waals surface area contributed by atoms with Crippen molar-refractivity contribution >= 4 is 0 Å². The fourth-order valence-corrected chi connectivity index (χ4v) is 3.55. The highest BCUT2D eigenvalue weighted by molar-refractivity contribution is 5.46. The Balaban J connectivity index is 2.24. The van der Waals surface area contributed by atoms with Crippen LogP contribution in [0.25, 0.3) is 0 Å². The molecule has 0 amide bonds. The van der Waals surface area contributed by atoms with Crippen molar-refractivity contribution in [1.82, 2.24) is 10.2 Å². The molecular weight excluding hydrogens is 299 g/mol. The van der Waals surface area contributed by atoms with Crippen LogP contribution in [-0.4, -0.2) is 30.6 Å². The Hall–Kier alpha value is -1.61. The van der Waals surface area contributed by atoms with Gasteiger partial charge in [-0.15, -0.1) is 0 Å². The SMILES string of the molecule is C/C=C\C1=C(C(=C/CC)/C(C)C)CN(C(C)C2=CC(F)=CNC2)C1. The van der Waals surface area contributed by atoms with Crippen LogP contribution >= 0.6 is 0 Å². The molecule has 3 heteroatoms. The molecule has 1 unspecified atom stereocenters. The number of halogens is 1. The van der Waals surface area contributed by atoms with Crippen molar-refractivity contribution in [2.24, 2.45) is 5.92 Å².